The lowest BCUT2D eigenvalue weighted by atomic mass is 9.91. The molecule has 5 nitrogen and oxygen atoms in total. The second-order valence-electron chi connectivity index (χ2n) is 6.57. The summed E-state index contributed by atoms with van der Waals surface area (Å²) in [4.78, 5) is 36.7. The molecule has 0 bridgehead atoms. The van der Waals surface area contributed by atoms with Gasteiger partial charge in [-0.3, -0.25) is 14.4 Å². The van der Waals surface area contributed by atoms with Crippen LogP contribution < -0.4 is 10.6 Å². The number of amides is 1. The molecule has 0 radical (unpaired) electrons. The molecular formula is C19H36N2O3. The van der Waals surface area contributed by atoms with E-state index in [1.165, 1.54) is 6.92 Å². The van der Waals surface area contributed by atoms with Gasteiger partial charge >= 0.3 is 0 Å². The van der Waals surface area contributed by atoms with Crippen molar-refractivity contribution < 1.29 is 14.4 Å². The minimum absolute atomic E-state index is 0.0148. The highest BCUT2D eigenvalue weighted by molar-refractivity contribution is 5.92. The summed E-state index contributed by atoms with van der Waals surface area (Å²) in [6.07, 6.45) is 6.08. The molecule has 0 spiro atoms. The molecule has 0 aliphatic rings. The molecule has 24 heavy (non-hydrogen) atoms. The second kappa shape index (κ2) is 13.1. The number of rotatable bonds is 14. The Hall–Kier alpha value is -1.23. The van der Waals surface area contributed by atoms with Crippen molar-refractivity contribution in [3.8, 4) is 0 Å². The highest BCUT2D eigenvalue weighted by Crippen LogP contribution is 2.16. The zero-order chi connectivity index (χ0) is 18.5. The molecule has 0 aromatic heterocycles. The van der Waals surface area contributed by atoms with E-state index in [4.69, 9.17) is 0 Å². The molecule has 1 amide bonds. The Morgan fingerprint density at radius 1 is 0.917 bits per heavy atom. The summed E-state index contributed by atoms with van der Waals surface area (Å²) in [7, 11) is 1.77. The lowest BCUT2D eigenvalue weighted by Gasteiger charge is -2.22. The highest BCUT2D eigenvalue weighted by Gasteiger charge is 2.27. The van der Waals surface area contributed by atoms with E-state index >= 15 is 0 Å². The smallest absolute Gasteiger partial charge is 0.224 e. The summed E-state index contributed by atoms with van der Waals surface area (Å²) >= 11 is 0. The SMILES string of the molecule is CCCC[C@H](CC(=O)[C@H](CC)NC)C(=O)N[C@@H](CCCC)C(C)=O. The fourth-order valence-electron chi connectivity index (χ4n) is 2.83. The second-order valence-corrected chi connectivity index (χ2v) is 6.57. The van der Waals surface area contributed by atoms with Crippen molar-refractivity contribution in [2.45, 2.75) is 91.1 Å². The maximum absolute atomic E-state index is 12.6. The van der Waals surface area contributed by atoms with Gasteiger partial charge in [0, 0.05) is 12.3 Å². The molecule has 0 fully saturated rings. The third-order valence-corrected chi connectivity index (χ3v) is 4.52. The molecule has 0 rings (SSSR count). The van der Waals surface area contributed by atoms with Gasteiger partial charge in [-0.05, 0) is 33.2 Å². The molecule has 3 atom stereocenters. The van der Waals surface area contributed by atoms with Crippen LogP contribution in [0, 0.1) is 5.92 Å². The fraction of sp³-hybridized carbons (Fsp3) is 0.842. The van der Waals surface area contributed by atoms with Gasteiger partial charge in [0.05, 0.1) is 12.1 Å². The quantitative estimate of drug-likeness (QED) is 0.510. The van der Waals surface area contributed by atoms with Crippen molar-refractivity contribution in [2.24, 2.45) is 5.92 Å². The molecule has 0 saturated carbocycles. The van der Waals surface area contributed by atoms with Crippen molar-refractivity contribution >= 4 is 17.5 Å². The number of ketones is 2. The van der Waals surface area contributed by atoms with Gasteiger partial charge in [0.1, 0.15) is 0 Å². The van der Waals surface area contributed by atoms with Gasteiger partial charge in [-0.15, -0.1) is 0 Å². The number of unbranched alkanes of at least 4 members (excludes halogenated alkanes) is 2. The molecule has 0 aliphatic carbocycles. The van der Waals surface area contributed by atoms with Gasteiger partial charge in [-0.25, -0.2) is 0 Å². The Kier molecular flexibility index (Phi) is 12.4. The number of hydrogen-bond acceptors (Lipinski definition) is 4. The van der Waals surface area contributed by atoms with Crippen LogP contribution in [0.5, 0.6) is 0 Å². The van der Waals surface area contributed by atoms with Gasteiger partial charge in [-0.1, -0.05) is 46.5 Å². The van der Waals surface area contributed by atoms with Crippen molar-refractivity contribution in [3.63, 3.8) is 0 Å². The van der Waals surface area contributed by atoms with E-state index in [9.17, 15) is 14.4 Å². The number of carbonyl (C=O) groups excluding carboxylic acids is 3. The molecule has 0 aromatic rings. The minimum Gasteiger partial charge on any atom is -0.346 e. The molecule has 0 aromatic carbocycles. The fourth-order valence-corrected chi connectivity index (χ4v) is 2.83. The number of carbonyl (C=O) groups is 3. The zero-order valence-corrected chi connectivity index (χ0v) is 16.1. The first-order valence-corrected chi connectivity index (χ1v) is 9.41. The van der Waals surface area contributed by atoms with Crippen LogP contribution in [0.4, 0.5) is 0 Å². The van der Waals surface area contributed by atoms with Crippen LogP contribution in [-0.4, -0.2) is 36.6 Å². The van der Waals surface area contributed by atoms with E-state index in [1.807, 2.05) is 6.92 Å². The van der Waals surface area contributed by atoms with Crippen LogP contribution in [0.3, 0.4) is 0 Å². The number of nitrogens with one attached hydrogen (secondary N) is 2. The lowest BCUT2D eigenvalue weighted by molar-refractivity contribution is -0.132. The average molecular weight is 341 g/mol. The topological polar surface area (TPSA) is 75.3 Å². The summed E-state index contributed by atoms with van der Waals surface area (Å²) < 4.78 is 0. The normalized spacial score (nSPS) is 14.7. The molecule has 2 N–H and O–H groups in total. The Morgan fingerprint density at radius 2 is 1.50 bits per heavy atom. The van der Waals surface area contributed by atoms with E-state index in [1.54, 1.807) is 7.05 Å². The highest BCUT2D eigenvalue weighted by atomic mass is 16.2. The standard InChI is InChI=1S/C19H36N2O3/c1-6-9-11-15(13-18(23)16(8-3)20-5)19(24)21-17(14(4)22)12-10-7-2/h15-17,20H,6-13H2,1-5H3,(H,21,24)/t15-,16+,17+/m1/s1. The Balaban J connectivity index is 4.90. The third-order valence-electron chi connectivity index (χ3n) is 4.52. The average Bonchev–Trinajstić information content (AvgIpc) is 2.55. The number of Topliss-reactive ketones (excluding diaryl/α,β-unsaturated/α-hetero) is 2. The predicted molar refractivity (Wildman–Crippen MR) is 97.9 cm³/mol. The summed E-state index contributed by atoms with van der Waals surface area (Å²) in [6, 6.07) is -0.631. The molecule has 0 aliphatic heterocycles. The summed E-state index contributed by atoms with van der Waals surface area (Å²) in [5.74, 6) is -0.439. The van der Waals surface area contributed by atoms with Gasteiger partial charge in [-0.2, -0.15) is 0 Å². The monoisotopic (exact) mass is 340 g/mol. The third kappa shape index (κ3) is 8.57. The molecule has 0 unspecified atom stereocenters. The van der Waals surface area contributed by atoms with E-state index in [0.717, 1.165) is 25.7 Å². The van der Waals surface area contributed by atoms with Crippen LogP contribution >= 0.6 is 0 Å². The van der Waals surface area contributed by atoms with E-state index < -0.39 is 6.04 Å². The molecule has 0 heterocycles. The van der Waals surface area contributed by atoms with Crippen molar-refractivity contribution in [2.75, 3.05) is 7.05 Å². The van der Waals surface area contributed by atoms with Gasteiger partial charge in [0.15, 0.2) is 11.6 Å². The minimum atomic E-state index is -0.428. The summed E-state index contributed by atoms with van der Waals surface area (Å²) in [5, 5.41) is 5.88. The van der Waals surface area contributed by atoms with Crippen LogP contribution in [-0.2, 0) is 14.4 Å². The van der Waals surface area contributed by atoms with Crippen molar-refractivity contribution in [1.29, 1.82) is 0 Å². The van der Waals surface area contributed by atoms with Crippen molar-refractivity contribution in [3.05, 3.63) is 0 Å². The molecule has 0 saturated heterocycles. The summed E-state index contributed by atoms with van der Waals surface area (Å²) in [6.45, 7) is 7.60. The van der Waals surface area contributed by atoms with Gasteiger partial charge < -0.3 is 10.6 Å². The van der Waals surface area contributed by atoms with Gasteiger partial charge in [0.2, 0.25) is 5.91 Å². The zero-order valence-electron chi connectivity index (χ0n) is 16.1. The lowest BCUT2D eigenvalue weighted by Crippen LogP contribution is -2.44. The number of hydrogen-bond donors (Lipinski definition) is 2. The number of likely N-dealkylation sites (N-methyl/N-ethyl adjacent to an activating group) is 1. The molecule has 140 valence electrons. The first-order valence-electron chi connectivity index (χ1n) is 9.41. The molecule has 5 heteroatoms. The van der Waals surface area contributed by atoms with Crippen LogP contribution in [0.2, 0.25) is 0 Å². The maximum Gasteiger partial charge on any atom is 0.224 e. The van der Waals surface area contributed by atoms with E-state index in [-0.39, 0.29) is 35.9 Å². The van der Waals surface area contributed by atoms with Gasteiger partial charge in [0.25, 0.3) is 0 Å². The van der Waals surface area contributed by atoms with Crippen LogP contribution in [0.25, 0.3) is 0 Å². The maximum atomic E-state index is 12.6. The first kappa shape index (κ1) is 22.8. The van der Waals surface area contributed by atoms with Crippen LogP contribution in [0.1, 0.15) is 79.1 Å². The predicted octanol–water partition coefficient (Wildman–Crippen LogP) is 3.01. The summed E-state index contributed by atoms with van der Waals surface area (Å²) in [5.41, 5.74) is 0. The molecular weight excluding hydrogens is 304 g/mol. The Morgan fingerprint density at radius 3 is 1.96 bits per heavy atom. The van der Waals surface area contributed by atoms with Crippen molar-refractivity contribution in [1.82, 2.24) is 10.6 Å². The first-order chi connectivity index (χ1) is 11.4. The van der Waals surface area contributed by atoms with E-state index in [0.29, 0.717) is 19.3 Å². The largest absolute Gasteiger partial charge is 0.346 e. The Labute approximate surface area is 147 Å². The Bertz CT molecular complexity index is 392. The van der Waals surface area contributed by atoms with Crippen LogP contribution in [0.15, 0.2) is 0 Å². The van der Waals surface area contributed by atoms with E-state index in [2.05, 4.69) is 24.5 Å².